The summed E-state index contributed by atoms with van der Waals surface area (Å²) < 4.78 is 9.36. The molecule has 0 radical (unpaired) electrons. The molecule has 5 heterocycles. The highest BCUT2D eigenvalue weighted by Gasteiger charge is 2.18. The van der Waals surface area contributed by atoms with Crippen LogP contribution in [0.2, 0.25) is 0 Å². The molecular formula is C26H21N7O. The molecule has 34 heavy (non-hydrogen) atoms. The first-order valence-electron chi connectivity index (χ1n) is 10.9. The van der Waals surface area contributed by atoms with Crippen molar-refractivity contribution in [3.8, 4) is 23.1 Å². The first-order chi connectivity index (χ1) is 16.7. The number of hydrogen-bond donors (Lipinski definition) is 0. The van der Waals surface area contributed by atoms with Gasteiger partial charge in [0.15, 0.2) is 22.8 Å². The van der Waals surface area contributed by atoms with E-state index < -0.39 is 0 Å². The Morgan fingerprint density at radius 3 is 2.65 bits per heavy atom. The van der Waals surface area contributed by atoms with Crippen LogP contribution >= 0.6 is 0 Å². The molecule has 0 fully saturated rings. The van der Waals surface area contributed by atoms with Gasteiger partial charge in [-0.25, -0.2) is 19.9 Å². The van der Waals surface area contributed by atoms with Gasteiger partial charge in [0, 0.05) is 29.7 Å². The van der Waals surface area contributed by atoms with Crippen molar-refractivity contribution >= 4 is 22.1 Å². The van der Waals surface area contributed by atoms with Gasteiger partial charge in [-0.2, -0.15) is 0 Å². The summed E-state index contributed by atoms with van der Waals surface area (Å²) in [7, 11) is 1.67. The standard InChI is InChI=1S/C26H21N7O/c1-17-4-3-5-21(29-17)24-30-25-23(26(31-24)33-13-11-19-14-27-12-10-22(19)33)28-16-32(25)15-18-6-8-20(34-2)9-7-18/h3-14,16H,15H2,1-2H3. The fraction of sp³-hybridized carbons (Fsp3) is 0.115. The van der Waals surface area contributed by atoms with Gasteiger partial charge in [0.2, 0.25) is 0 Å². The third-order valence-electron chi connectivity index (χ3n) is 5.79. The van der Waals surface area contributed by atoms with Gasteiger partial charge in [-0.3, -0.25) is 9.55 Å². The molecule has 6 aromatic rings. The number of benzene rings is 1. The van der Waals surface area contributed by atoms with Crippen LogP contribution < -0.4 is 4.74 Å². The lowest BCUT2D eigenvalue weighted by Gasteiger charge is -2.10. The summed E-state index contributed by atoms with van der Waals surface area (Å²) in [6, 6.07) is 17.9. The van der Waals surface area contributed by atoms with Crippen molar-refractivity contribution in [3.63, 3.8) is 0 Å². The van der Waals surface area contributed by atoms with Crippen molar-refractivity contribution in [2.24, 2.45) is 0 Å². The molecule has 8 nitrogen and oxygen atoms in total. The Morgan fingerprint density at radius 2 is 1.82 bits per heavy atom. The maximum atomic E-state index is 5.29. The third kappa shape index (κ3) is 3.45. The highest BCUT2D eigenvalue weighted by Crippen LogP contribution is 2.27. The summed E-state index contributed by atoms with van der Waals surface area (Å²) in [4.78, 5) is 23.4. The lowest BCUT2D eigenvalue weighted by Crippen LogP contribution is -2.05. The summed E-state index contributed by atoms with van der Waals surface area (Å²) in [6.07, 6.45) is 7.43. The van der Waals surface area contributed by atoms with Crippen molar-refractivity contribution in [2.75, 3.05) is 7.11 Å². The molecule has 5 aromatic heterocycles. The van der Waals surface area contributed by atoms with E-state index >= 15 is 0 Å². The molecular weight excluding hydrogens is 426 g/mol. The van der Waals surface area contributed by atoms with Crippen molar-refractivity contribution < 1.29 is 4.74 Å². The van der Waals surface area contributed by atoms with Crippen LogP contribution in [0.4, 0.5) is 0 Å². The van der Waals surface area contributed by atoms with E-state index in [9.17, 15) is 0 Å². The Balaban J connectivity index is 1.55. The van der Waals surface area contributed by atoms with Gasteiger partial charge in [-0.05, 0) is 48.9 Å². The number of hydrogen-bond acceptors (Lipinski definition) is 6. The first kappa shape index (κ1) is 20.0. The second-order valence-electron chi connectivity index (χ2n) is 8.05. The number of fused-ring (bicyclic) bond motifs is 2. The van der Waals surface area contributed by atoms with Gasteiger partial charge in [0.25, 0.3) is 0 Å². The maximum absolute atomic E-state index is 5.29. The molecule has 6 rings (SSSR count). The molecule has 0 N–H and O–H groups in total. The van der Waals surface area contributed by atoms with Gasteiger partial charge in [0.1, 0.15) is 11.4 Å². The molecule has 8 heteroatoms. The van der Waals surface area contributed by atoms with Gasteiger partial charge in [-0.1, -0.05) is 18.2 Å². The molecule has 0 bridgehead atoms. The molecule has 0 unspecified atom stereocenters. The number of aryl methyl sites for hydroxylation is 1. The average molecular weight is 448 g/mol. The largest absolute Gasteiger partial charge is 0.497 e. The van der Waals surface area contributed by atoms with Crippen LogP contribution in [0.25, 0.3) is 39.4 Å². The Labute approximate surface area is 195 Å². The number of rotatable bonds is 5. The van der Waals surface area contributed by atoms with E-state index in [0.717, 1.165) is 44.8 Å². The van der Waals surface area contributed by atoms with Crippen molar-refractivity contribution in [1.29, 1.82) is 0 Å². The van der Waals surface area contributed by atoms with Gasteiger partial charge < -0.3 is 9.30 Å². The highest BCUT2D eigenvalue weighted by atomic mass is 16.5. The van der Waals surface area contributed by atoms with Gasteiger partial charge in [-0.15, -0.1) is 0 Å². The van der Waals surface area contributed by atoms with E-state index in [1.165, 1.54) is 0 Å². The SMILES string of the molecule is COc1ccc(Cn2cnc3c(-n4ccc5cnccc54)nc(-c4cccc(C)n4)nc32)cc1. The van der Waals surface area contributed by atoms with Crippen LogP contribution in [0.1, 0.15) is 11.3 Å². The lowest BCUT2D eigenvalue weighted by molar-refractivity contribution is 0.414. The Kier molecular flexibility index (Phi) is 4.76. The van der Waals surface area contributed by atoms with Crippen LogP contribution in [0, 0.1) is 6.92 Å². The number of pyridine rings is 2. The second kappa shape index (κ2) is 8.08. The Morgan fingerprint density at radius 1 is 0.941 bits per heavy atom. The van der Waals surface area contributed by atoms with Crippen LogP contribution in [0.3, 0.4) is 0 Å². The highest BCUT2D eigenvalue weighted by molar-refractivity contribution is 5.86. The quantitative estimate of drug-likeness (QED) is 0.384. The summed E-state index contributed by atoms with van der Waals surface area (Å²) in [5.41, 5.74) is 5.22. The van der Waals surface area contributed by atoms with Crippen LogP contribution in [-0.4, -0.2) is 41.2 Å². The van der Waals surface area contributed by atoms with Crippen LogP contribution in [-0.2, 0) is 6.54 Å². The zero-order chi connectivity index (χ0) is 23.1. The Hall–Kier alpha value is -4.59. The molecule has 0 amide bonds. The van der Waals surface area contributed by atoms with Crippen LogP contribution in [0.5, 0.6) is 5.75 Å². The van der Waals surface area contributed by atoms with E-state index in [-0.39, 0.29) is 0 Å². The van der Waals surface area contributed by atoms with Crippen molar-refractivity contribution in [1.82, 2.24) is 34.1 Å². The minimum atomic E-state index is 0.554. The smallest absolute Gasteiger partial charge is 0.182 e. The minimum Gasteiger partial charge on any atom is -0.497 e. The monoisotopic (exact) mass is 447 g/mol. The van der Waals surface area contributed by atoms with E-state index in [1.807, 2.05) is 89.4 Å². The first-order valence-corrected chi connectivity index (χ1v) is 10.9. The number of aromatic nitrogens is 7. The van der Waals surface area contributed by atoms with Crippen LogP contribution in [0.15, 0.2) is 79.5 Å². The summed E-state index contributed by atoms with van der Waals surface area (Å²) in [5, 5.41) is 1.03. The molecule has 0 aliphatic carbocycles. The van der Waals surface area contributed by atoms with Crippen molar-refractivity contribution in [3.05, 3.63) is 90.8 Å². The molecule has 166 valence electrons. The summed E-state index contributed by atoms with van der Waals surface area (Å²) >= 11 is 0. The summed E-state index contributed by atoms with van der Waals surface area (Å²) in [6.45, 7) is 2.58. The normalized spacial score (nSPS) is 11.4. The maximum Gasteiger partial charge on any atom is 0.182 e. The second-order valence-corrected chi connectivity index (χ2v) is 8.05. The molecule has 1 aromatic carbocycles. The molecule has 0 aliphatic heterocycles. The molecule has 0 aliphatic rings. The number of imidazole rings is 1. The van der Waals surface area contributed by atoms with E-state index in [2.05, 4.69) is 9.97 Å². The molecule has 0 atom stereocenters. The van der Waals surface area contributed by atoms with E-state index in [0.29, 0.717) is 18.2 Å². The van der Waals surface area contributed by atoms with E-state index in [1.54, 1.807) is 13.3 Å². The fourth-order valence-corrected chi connectivity index (χ4v) is 4.09. The van der Waals surface area contributed by atoms with Crippen molar-refractivity contribution in [2.45, 2.75) is 13.5 Å². The third-order valence-corrected chi connectivity index (χ3v) is 5.79. The topological polar surface area (TPSA) is 83.5 Å². The lowest BCUT2D eigenvalue weighted by atomic mass is 10.2. The number of ether oxygens (including phenoxy) is 1. The molecule has 0 saturated heterocycles. The average Bonchev–Trinajstić information content (AvgIpc) is 3.48. The van der Waals surface area contributed by atoms with Gasteiger partial charge >= 0.3 is 0 Å². The zero-order valence-electron chi connectivity index (χ0n) is 18.8. The molecule has 0 spiro atoms. The molecule has 0 saturated carbocycles. The minimum absolute atomic E-state index is 0.554. The Bertz CT molecular complexity index is 1630. The number of nitrogens with zero attached hydrogens (tertiary/aromatic N) is 7. The zero-order valence-corrected chi connectivity index (χ0v) is 18.8. The fourth-order valence-electron chi connectivity index (χ4n) is 4.09. The summed E-state index contributed by atoms with van der Waals surface area (Å²) in [5.74, 6) is 2.09. The predicted octanol–water partition coefficient (Wildman–Crippen LogP) is 4.59. The predicted molar refractivity (Wildman–Crippen MR) is 130 cm³/mol. The number of methoxy groups -OCH3 is 1. The van der Waals surface area contributed by atoms with Gasteiger partial charge in [0.05, 0.1) is 25.5 Å². The van der Waals surface area contributed by atoms with E-state index in [4.69, 9.17) is 19.7 Å².